The van der Waals surface area contributed by atoms with Crippen molar-refractivity contribution in [1.82, 2.24) is 20.7 Å². The first kappa shape index (κ1) is 24.8. The molecule has 2 aliphatic heterocycles. The number of hydrazine groups is 1. The van der Waals surface area contributed by atoms with Crippen LogP contribution in [0.25, 0.3) is 0 Å². The van der Waals surface area contributed by atoms with Gasteiger partial charge in [-0.15, -0.1) is 0 Å². The molecule has 2 heterocycles. The maximum atomic E-state index is 12.9. The Morgan fingerprint density at radius 2 is 1.64 bits per heavy atom. The Kier molecular flexibility index (Phi) is 8.51. The molecule has 182 valence electrons. The summed E-state index contributed by atoms with van der Waals surface area (Å²) in [4.78, 5) is 41.4. The lowest BCUT2D eigenvalue weighted by Gasteiger charge is -2.39. The third-order valence-corrected chi connectivity index (χ3v) is 6.00. The number of carbonyl (C=O) groups is 3. The quantitative estimate of drug-likeness (QED) is 0.602. The SMILES string of the molecule is COc1ccc(C(=O)NNC(=O)CN2CCC(C(=O)N3CC(C)OC(C)C3)CC2)cc1OC. The van der Waals surface area contributed by atoms with Crippen LogP contribution in [0.3, 0.4) is 0 Å². The highest BCUT2D eigenvalue weighted by Crippen LogP contribution is 2.27. The third kappa shape index (κ3) is 6.58. The fourth-order valence-corrected chi connectivity index (χ4v) is 4.37. The molecule has 0 radical (unpaired) electrons. The van der Waals surface area contributed by atoms with Crippen LogP contribution in [-0.2, 0) is 14.3 Å². The van der Waals surface area contributed by atoms with E-state index >= 15 is 0 Å². The van der Waals surface area contributed by atoms with Crippen molar-refractivity contribution in [3.05, 3.63) is 23.8 Å². The number of nitrogens with zero attached hydrogens (tertiary/aromatic N) is 2. The van der Waals surface area contributed by atoms with E-state index in [-0.39, 0.29) is 36.5 Å². The number of hydrogen-bond acceptors (Lipinski definition) is 7. The first-order valence-corrected chi connectivity index (χ1v) is 11.3. The van der Waals surface area contributed by atoms with Crippen LogP contribution in [0.5, 0.6) is 11.5 Å². The van der Waals surface area contributed by atoms with E-state index in [0.29, 0.717) is 56.1 Å². The summed E-state index contributed by atoms with van der Waals surface area (Å²) in [7, 11) is 3.00. The predicted molar refractivity (Wildman–Crippen MR) is 121 cm³/mol. The maximum absolute atomic E-state index is 12.9. The molecule has 1 aromatic carbocycles. The van der Waals surface area contributed by atoms with Crippen molar-refractivity contribution < 1.29 is 28.6 Å². The molecule has 0 bridgehead atoms. The maximum Gasteiger partial charge on any atom is 0.269 e. The van der Waals surface area contributed by atoms with E-state index in [4.69, 9.17) is 14.2 Å². The average molecular weight is 463 g/mol. The number of amides is 3. The second-order valence-corrected chi connectivity index (χ2v) is 8.62. The van der Waals surface area contributed by atoms with Crippen LogP contribution in [0.15, 0.2) is 18.2 Å². The molecule has 0 aromatic heterocycles. The summed E-state index contributed by atoms with van der Waals surface area (Å²) >= 11 is 0. The van der Waals surface area contributed by atoms with Crippen LogP contribution in [0.2, 0.25) is 0 Å². The van der Waals surface area contributed by atoms with E-state index in [1.165, 1.54) is 20.3 Å². The molecule has 1 aromatic rings. The van der Waals surface area contributed by atoms with Crippen molar-refractivity contribution >= 4 is 17.7 Å². The lowest BCUT2D eigenvalue weighted by Crippen LogP contribution is -2.52. The highest BCUT2D eigenvalue weighted by Gasteiger charge is 2.33. The van der Waals surface area contributed by atoms with Gasteiger partial charge in [-0.2, -0.15) is 0 Å². The number of benzene rings is 1. The topological polar surface area (TPSA) is 109 Å². The Morgan fingerprint density at radius 1 is 1.00 bits per heavy atom. The van der Waals surface area contributed by atoms with Crippen LogP contribution < -0.4 is 20.3 Å². The number of morpholine rings is 1. The standard InChI is InChI=1S/C23H34N4O6/c1-15-12-27(13-16(2)33-15)23(30)17-7-9-26(10-8-17)14-21(28)24-25-22(29)18-5-6-19(31-3)20(11-18)32-4/h5-6,11,15-17H,7-10,12-14H2,1-4H3,(H,24,28)(H,25,29). The van der Waals surface area contributed by atoms with Gasteiger partial charge >= 0.3 is 0 Å². The zero-order valence-electron chi connectivity index (χ0n) is 19.8. The fraction of sp³-hybridized carbons (Fsp3) is 0.609. The molecule has 2 aliphatic rings. The molecule has 33 heavy (non-hydrogen) atoms. The van der Waals surface area contributed by atoms with Crippen molar-refractivity contribution in [2.45, 2.75) is 38.9 Å². The average Bonchev–Trinajstić information content (AvgIpc) is 2.81. The van der Waals surface area contributed by atoms with Crippen molar-refractivity contribution in [3.63, 3.8) is 0 Å². The number of carbonyl (C=O) groups excluding carboxylic acids is 3. The summed E-state index contributed by atoms with van der Waals surface area (Å²) in [5, 5.41) is 0. The van der Waals surface area contributed by atoms with Gasteiger partial charge in [-0.25, -0.2) is 0 Å². The van der Waals surface area contributed by atoms with Crippen molar-refractivity contribution in [2.24, 2.45) is 5.92 Å². The Bertz CT molecular complexity index is 845. The summed E-state index contributed by atoms with van der Waals surface area (Å²) in [6, 6.07) is 4.75. The molecule has 10 heteroatoms. The summed E-state index contributed by atoms with van der Waals surface area (Å²) in [5.74, 6) is 0.328. The van der Waals surface area contributed by atoms with Gasteiger partial charge < -0.3 is 19.1 Å². The van der Waals surface area contributed by atoms with E-state index < -0.39 is 5.91 Å². The molecule has 2 unspecified atom stereocenters. The molecule has 10 nitrogen and oxygen atoms in total. The third-order valence-electron chi connectivity index (χ3n) is 6.00. The zero-order valence-corrected chi connectivity index (χ0v) is 19.8. The molecule has 2 saturated heterocycles. The molecule has 2 atom stereocenters. The fourth-order valence-electron chi connectivity index (χ4n) is 4.37. The first-order valence-electron chi connectivity index (χ1n) is 11.3. The van der Waals surface area contributed by atoms with E-state index in [1.54, 1.807) is 12.1 Å². The number of ether oxygens (including phenoxy) is 3. The van der Waals surface area contributed by atoms with Gasteiger partial charge in [0.15, 0.2) is 11.5 Å². The number of nitrogens with one attached hydrogen (secondary N) is 2. The molecule has 0 aliphatic carbocycles. The highest BCUT2D eigenvalue weighted by molar-refractivity contribution is 5.96. The Morgan fingerprint density at radius 3 is 2.24 bits per heavy atom. The molecule has 3 amide bonds. The van der Waals surface area contributed by atoms with Gasteiger partial charge in [0.2, 0.25) is 5.91 Å². The number of methoxy groups -OCH3 is 2. The van der Waals surface area contributed by atoms with Crippen LogP contribution >= 0.6 is 0 Å². The second kappa shape index (κ2) is 11.3. The molecule has 0 spiro atoms. The summed E-state index contributed by atoms with van der Waals surface area (Å²) in [5.41, 5.74) is 5.20. The Labute approximate surface area is 194 Å². The normalized spacial score (nSPS) is 21.9. The van der Waals surface area contributed by atoms with Gasteiger partial charge in [0, 0.05) is 24.6 Å². The van der Waals surface area contributed by atoms with E-state index in [2.05, 4.69) is 10.9 Å². The number of piperidine rings is 1. The largest absolute Gasteiger partial charge is 0.493 e. The lowest BCUT2D eigenvalue weighted by molar-refractivity contribution is -0.148. The van der Waals surface area contributed by atoms with E-state index in [0.717, 1.165) is 0 Å². The smallest absolute Gasteiger partial charge is 0.269 e. The number of hydrogen-bond donors (Lipinski definition) is 2. The van der Waals surface area contributed by atoms with Gasteiger partial charge in [0.05, 0.1) is 33.0 Å². The second-order valence-electron chi connectivity index (χ2n) is 8.62. The molecule has 3 rings (SSSR count). The van der Waals surface area contributed by atoms with Gasteiger partial charge in [0.1, 0.15) is 0 Å². The molecule has 2 N–H and O–H groups in total. The van der Waals surface area contributed by atoms with Crippen molar-refractivity contribution in [3.8, 4) is 11.5 Å². The zero-order chi connectivity index (χ0) is 24.0. The minimum Gasteiger partial charge on any atom is -0.493 e. The van der Waals surface area contributed by atoms with E-state index in [9.17, 15) is 14.4 Å². The summed E-state index contributed by atoms with van der Waals surface area (Å²) in [6.45, 7) is 6.70. The first-order chi connectivity index (χ1) is 15.8. The Hall–Kier alpha value is -2.85. The van der Waals surface area contributed by atoms with Crippen LogP contribution in [-0.4, -0.2) is 86.7 Å². The number of rotatable bonds is 6. The van der Waals surface area contributed by atoms with Crippen LogP contribution in [0.4, 0.5) is 0 Å². The molecule has 2 fully saturated rings. The molecule has 0 saturated carbocycles. The monoisotopic (exact) mass is 462 g/mol. The highest BCUT2D eigenvalue weighted by atomic mass is 16.5. The van der Waals surface area contributed by atoms with E-state index in [1.807, 2.05) is 23.6 Å². The van der Waals surface area contributed by atoms with Gasteiger partial charge in [-0.3, -0.25) is 30.1 Å². The molecular weight excluding hydrogens is 428 g/mol. The predicted octanol–water partition coefficient (Wildman–Crippen LogP) is 0.813. The minimum atomic E-state index is -0.456. The van der Waals surface area contributed by atoms with Gasteiger partial charge in [-0.05, 0) is 58.0 Å². The van der Waals surface area contributed by atoms with Gasteiger partial charge in [-0.1, -0.05) is 0 Å². The van der Waals surface area contributed by atoms with Crippen molar-refractivity contribution in [1.29, 1.82) is 0 Å². The van der Waals surface area contributed by atoms with Crippen LogP contribution in [0.1, 0.15) is 37.0 Å². The summed E-state index contributed by atoms with van der Waals surface area (Å²) < 4.78 is 16.1. The molecular formula is C23H34N4O6. The summed E-state index contributed by atoms with van der Waals surface area (Å²) in [6.07, 6.45) is 1.53. The lowest BCUT2D eigenvalue weighted by atomic mass is 9.94. The van der Waals surface area contributed by atoms with Crippen molar-refractivity contribution in [2.75, 3.05) is 46.9 Å². The van der Waals surface area contributed by atoms with Crippen LogP contribution in [0, 0.1) is 5.92 Å². The Balaban J connectivity index is 1.41. The minimum absolute atomic E-state index is 0.0217. The van der Waals surface area contributed by atoms with Gasteiger partial charge in [0.25, 0.3) is 11.8 Å². The number of likely N-dealkylation sites (tertiary alicyclic amines) is 1.